The van der Waals surface area contributed by atoms with E-state index in [0.717, 1.165) is 22.9 Å². The van der Waals surface area contributed by atoms with Crippen molar-refractivity contribution in [3.63, 3.8) is 0 Å². The zero-order valence-electron chi connectivity index (χ0n) is 24.5. The Kier molecular flexibility index (Phi) is 16.4. The first kappa shape index (κ1) is 34.9. The first-order valence-electron chi connectivity index (χ1n) is 14.9. The van der Waals surface area contributed by atoms with Gasteiger partial charge in [0.1, 0.15) is 5.75 Å². The SMILES string of the molecule is CCCCCCCCCCCCCCOc1ccc(C(=O)CC(=O)Nc2ccccc2)c2ccccc12.O=S(=O)(O)F. The van der Waals surface area contributed by atoms with Gasteiger partial charge in [-0.1, -0.05) is 124 Å². The molecule has 1 amide bonds. The number of para-hydroxylation sites is 1. The van der Waals surface area contributed by atoms with Crippen LogP contribution in [0.4, 0.5) is 9.57 Å². The van der Waals surface area contributed by atoms with Gasteiger partial charge in [0.25, 0.3) is 0 Å². The number of ether oxygens (including phenoxy) is 1. The summed E-state index contributed by atoms with van der Waals surface area (Å²) in [5.41, 5.74) is 1.24. The van der Waals surface area contributed by atoms with Gasteiger partial charge >= 0.3 is 10.5 Å². The summed E-state index contributed by atoms with van der Waals surface area (Å²) in [6.45, 7) is 2.94. The first-order chi connectivity index (χ1) is 20.2. The highest BCUT2D eigenvalue weighted by Gasteiger charge is 2.16. The van der Waals surface area contributed by atoms with E-state index in [9.17, 15) is 13.5 Å². The van der Waals surface area contributed by atoms with Crippen LogP contribution >= 0.6 is 0 Å². The molecule has 0 radical (unpaired) electrons. The number of rotatable bonds is 18. The molecule has 0 fully saturated rings. The largest absolute Gasteiger partial charge is 0.493 e. The molecule has 230 valence electrons. The summed E-state index contributed by atoms with van der Waals surface area (Å²) in [5, 5.41) is 4.52. The Labute approximate surface area is 249 Å². The molecule has 9 heteroatoms. The molecular weight excluding hydrogens is 557 g/mol. The maximum absolute atomic E-state index is 13.0. The third kappa shape index (κ3) is 15.1. The van der Waals surface area contributed by atoms with Crippen LogP contribution in [0, 0.1) is 0 Å². The van der Waals surface area contributed by atoms with Gasteiger partial charge in [0.05, 0.1) is 13.0 Å². The van der Waals surface area contributed by atoms with E-state index in [1.54, 1.807) is 18.2 Å². The molecular formula is C33H44FNO6S. The molecule has 0 saturated heterocycles. The van der Waals surface area contributed by atoms with Crippen molar-refractivity contribution in [1.82, 2.24) is 0 Å². The summed E-state index contributed by atoms with van der Waals surface area (Å²) in [6.07, 6.45) is 15.6. The third-order valence-corrected chi connectivity index (χ3v) is 6.82. The lowest BCUT2D eigenvalue weighted by molar-refractivity contribution is -0.115. The lowest BCUT2D eigenvalue weighted by atomic mass is 9.99. The first-order valence-corrected chi connectivity index (χ1v) is 16.2. The monoisotopic (exact) mass is 601 g/mol. The van der Waals surface area contributed by atoms with E-state index in [2.05, 4.69) is 12.2 Å². The Morgan fingerprint density at radius 3 is 1.81 bits per heavy atom. The zero-order chi connectivity index (χ0) is 30.6. The Balaban J connectivity index is 0.00000113. The van der Waals surface area contributed by atoms with E-state index >= 15 is 0 Å². The number of hydrogen-bond donors (Lipinski definition) is 2. The Morgan fingerprint density at radius 2 is 1.24 bits per heavy atom. The Bertz CT molecular complexity index is 1320. The number of halogens is 1. The maximum Gasteiger partial charge on any atom is 0.435 e. The number of carbonyl (C=O) groups excluding carboxylic acids is 2. The van der Waals surface area contributed by atoms with Crippen molar-refractivity contribution in [3.05, 3.63) is 72.3 Å². The van der Waals surface area contributed by atoms with Gasteiger partial charge in [-0.25, -0.2) is 0 Å². The van der Waals surface area contributed by atoms with E-state index in [1.165, 1.54) is 70.6 Å². The molecule has 42 heavy (non-hydrogen) atoms. The highest BCUT2D eigenvalue weighted by atomic mass is 32.3. The highest BCUT2D eigenvalue weighted by Crippen LogP contribution is 2.29. The summed E-state index contributed by atoms with van der Waals surface area (Å²) < 4.78 is 40.2. The van der Waals surface area contributed by atoms with E-state index in [0.29, 0.717) is 17.9 Å². The number of unbranched alkanes of at least 4 members (excludes halogenated alkanes) is 11. The molecule has 2 N–H and O–H groups in total. The zero-order valence-corrected chi connectivity index (χ0v) is 25.3. The Hall–Kier alpha value is -3.30. The maximum atomic E-state index is 13.0. The molecule has 0 aromatic heterocycles. The van der Waals surface area contributed by atoms with Crippen LogP contribution in [-0.2, 0) is 15.3 Å². The number of fused-ring (bicyclic) bond motifs is 1. The molecule has 0 atom stereocenters. The topological polar surface area (TPSA) is 110 Å². The number of nitrogens with one attached hydrogen (secondary N) is 1. The van der Waals surface area contributed by atoms with Crippen LogP contribution in [0.3, 0.4) is 0 Å². The van der Waals surface area contributed by atoms with Crippen molar-refractivity contribution in [2.45, 2.75) is 90.4 Å². The number of ketones is 1. The van der Waals surface area contributed by atoms with E-state index in [1.807, 2.05) is 48.5 Å². The van der Waals surface area contributed by atoms with Crippen LogP contribution in [0.2, 0.25) is 0 Å². The molecule has 0 aliphatic carbocycles. The van der Waals surface area contributed by atoms with Crippen LogP contribution in [0.5, 0.6) is 5.75 Å². The summed E-state index contributed by atoms with van der Waals surface area (Å²) in [5.74, 6) is 0.286. The quantitative estimate of drug-likeness (QED) is 0.0495. The number of carbonyl (C=O) groups is 2. The Morgan fingerprint density at radius 1 is 0.738 bits per heavy atom. The van der Waals surface area contributed by atoms with Crippen molar-refractivity contribution >= 4 is 38.7 Å². The van der Waals surface area contributed by atoms with Gasteiger partial charge in [-0.3, -0.25) is 14.1 Å². The number of amides is 1. The summed E-state index contributed by atoms with van der Waals surface area (Å²) in [4.78, 5) is 25.3. The fourth-order valence-corrected chi connectivity index (χ4v) is 4.73. The van der Waals surface area contributed by atoms with E-state index < -0.39 is 10.5 Å². The van der Waals surface area contributed by atoms with Crippen LogP contribution < -0.4 is 10.1 Å². The van der Waals surface area contributed by atoms with Gasteiger partial charge in [-0.2, -0.15) is 8.42 Å². The average molecular weight is 602 g/mol. The van der Waals surface area contributed by atoms with Gasteiger partial charge in [0, 0.05) is 16.6 Å². The molecule has 7 nitrogen and oxygen atoms in total. The van der Waals surface area contributed by atoms with Crippen LogP contribution in [0.1, 0.15) is 101 Å². The van der Waals surface area contributed by atoms with Crippen molar-refractivity contribution < 1.29 is 31.2 Å². The van der Waals surface area contributed by atoms with Crippen LogP contribution in [0.15, 0.2) is 66.7 Å². The lowest BCUT2D eigenvalue weighted by Gasteiger charge is -2.12. The van der Waals surface area contributed by atoms with Crippen LogP contribution in [-0.4, -0.2) is 31.3 Å². The molecule has 0 aliphatic rings. The average Bonchev–Trinajstić information content (AvgIpc) is 2.95. The predicted octanol–water partition coefficient (Wildman–Crippen LogP) is 8.89. The summed E-state index contributed by atoms with van der Waals surface area (Å²) in [7, 11) is -5.17. The van der Waals surface area contributed by atoms with Crippen LogP contribution in [0.25, 0.3) is 10.8 Å². The molecule has 3 aromatic carbocycles. The molecule has 3 aromatic rings. The molecule has 0 aliphatic heterocycles. The molecule has 0 spiro atoms. The number of Topliss-reactive ketones (excluding diaryl/α,β-unsaturated/α-hetero) is 1. The molecule has 0 bridgehead atoms. The second-order valence-corrected chi connectivity index (χ2v) is 11.1. The van der Waals surface area contributed by atoms with Crippen molar-refractivity contribution in [2.24, 2.45) is 0 Å². The normalized spacial score (nSPS) is 11.0. The number of hydrogen-bond acceptors (Lipinski definition) is 5. The van der Waals surface area contributed by atoms with Crippen molar-refractivity contribution in [2.75, 3.05) is 11.9 Å². The van der Waals surface area contributed by atoms with Gasteiger partial charge in [-0.05, 0) is 36.1 Å². The summed E-state index contributed by atoms with van der Waals surface area (Å²) >= 11 is 0. The lowest BCUT2D eigenvalue weighted by Crippen LogP contribution is -2.16. The minimum atomic E-state index is -5.17. The molecule has 0 saturated carbocycles. The second-order valence-electron chi connectivity index (χ2n) is 10.3. The molecule has 0 heterocycles. The smallest absolute Gasteiger partial charge is 0.435 e. The minimum Gasteiger partial charge on any atom is -0.493 e. The fraction of sp³-hybridized carbons (Fsp3) is 0.455. The summed E-state index contributed by atoms with van der Waals surface area (Å²) in [6, 6.07) is 20.6. The standard InChI is InChI=1S/C33H43NO3.FHO3S/c1-2-3-4-5-6-7-8-9-10-11-12-18-25-37-32-24-23-29(28-21-16-17-22-30(28)32)31(35)26-33(36)34-27-19-14-13-15-20-27;1-5(2,3)4/h13-17,19-24H,2-12,18,25-26H2,1H3,(H,34,36);(H,2,3,4). The number of benzene rings is 3. The third-order valence-electron chi connectivity index (χ3n) is 6.82. The molecule has 0 unspecified atom stereocenters. The van der Waals surface area contributed by atoms with Gasteiger partial charge in [0.15, 0.2) is 5.78 Å². The van der Waals surface area contributed by atoms with Gasteiger partial charge in [0.2, 0.25) is 5.91 Å². The van der Waals surface area contributed by atoms with Crippen molar-refractivity contribution in [3.8, 4) is 5.75 Å². The van der Waals surface area contributed by atoms with E-state index in [-0.39, 0.29) is 18.1 Å². The fourth-order valence-electron chi connectivity index (χ4n) is 4.73. The molecule has 3 rings (SSSR count). The van der Waals surface area contributed by atoms with Gasteiger partial charge in [-0.15, -0.1) is 0 Å². The van der Waals surface area contributed by atoms with Crippen molar-refractivity contribution in [1.29, 1.82) is 0 Å². The second kappa shape index (κ2) is 19.8. The van der Waals surface area contributed by atoms with Gasteiger partial charge < -0.3 is 10.1 Å². The number of anilines is 1. The predicted molar refractivity (Wildman–Crippen MR) is 167 cm³/mol. The van der Waals surface area contributed by atoms with E-state index in [4.69, 9.17) is 17.7 Å². The highest BCUT2D eigenvalue weighted by molar-refractivity contribution is 7.80. The minimum absolute atomic E-state index is 0.196.